The number of halogens is 1. The topological polar surface area (TPSA) is 102 Å². The van der Waals surface area contributed by atoms with Crippen molar-refractivity contribution in [2.75, 3.05) is 12.3 Å². The first-order chi connectivity index (χ1) is 11.9. The number of nitrogens with one attached hydrogen (secondary N) is 1. The van der Waals surface area contributed by atoms with Crippen LogP contribution in [-0.4, -0.2) is 29.6 Å². The maximum atomic E-state index is 12.5. The van der Waals surface area contributed by atoms with E-state index in [-0.39, 0.29) is 24.7 Å². The minimum absolute atomic E-state index is 0.136. The molecular weight excluding hydrogens is 435 g/mol. The van der Waals surface area contributed by atoms with Crippen molar-refractivity contribution in [2.24, 2.45) is 0 Å². The highest BCUT2D eigenvalue weighted by Gasteiger charge is 2.23. The van der Waals surface area contributed by atoms with Crippen molar-refractivity contribution < 1.29 is 19.4 Å². The number of esters is 1. The molecule has 0 heterocycles. The van der Waals surface area contributed by atoms with Crippen LogP contribution in [0.1, 0.15) is 22.8 Å². The molecule has 1 atom stereocenters. The van der Waals surface area contributed by atoms with Gasteiger partial charge in [-0.05, 0) is 65.4 Å². The summed E-state index contributed by atoms with van der Waals surface area (Å²) >= 11 is 2.05. The Hall–Kier alpha value is -2.29. The van der Waals surface area contributed by atoms with Gasteiger partial charge in [0.05, 0.1) is 6.61 Å². The third-order valence-corrected chi connectivity index (χ3v) is 4.45. The zero-order valence-corrected chi connectivity index (χ0v) is 15.8. The average molecular weight is 454 g/mol. The number of aromatic hydroxyl groups is 1. The lowest BCUT2D eigenvalue weighted by Crippen LogP contribution is -2.43. The van der Waals surface area contributed by atoms with Gasteiger partial charge >= 0.3 is 5.97 Å². The fourth-order valence-corrected chi connectivity index (χ4v) is 2.73. The maximum absolute atomic E-state index is 12.5. The first-order valence-corrected chi connectivity index (χ1v) is 8.79. The molecule has 0 saturated heterocycles. The highest BCUT2D eigenvalue weighted by Crippen LogP contribution is 2.17. The van der Waals surface area contributed by atoms with Gasteiger partial charge in [0.25, 0.3) is 5.91 Å². The maximum Gasteiger partial charge on any atom is 0.328 e. The van der Waals surface area contributed by atoms with Crippen LogP contribution in [0.5, 0.6) is 5.75 Å². The zero-order valence-electron chi connectivity index (χ0n) is 13.7. The Morgan fingerprint density at radius 2 is 1.92 bits per heavy atom. The van der Waals surface area contributed by atoms with Gasteiger partial charge in [-0.1, -0.05) is 12.1 Å². The minimum atomic E-state index is -0.827. The number of phenols is 1. The fraction of sp³-hybridized carbons (Fsp3) is 0.222. The molecule has 0 aromatic heterocycles. The van der Waals surface area contributed by atoms with Crippen molar-refractivity contribution in [3.63, 3.8) is 0 Å². The first-order valence-electron chi connectivity index (χ1n) is 7.71. The van der Waals surface area contributed by atoms with Gasteiger partial charge in [0.15, 0.2) is 0 Å². The van der Waals surface area contributed by atoms with Gasteiger partial charge in [0.2, 0.25) is 0 Å². The van der Waals surface area contributed by atoms with Crippen LogP contribution in [0.2, 0.25) is 0 Å². The molecule has 0 aliphatic heterocycles. The molecule has 0 radical (unpaired) electrons. The van der Waals surface area contributed by atoms with E-state index in [2.05, 4.69) is 5.32 Å². The number of ether oxygens (including phenoxy) is 1. The van der Waals surface area contributed by atoms with Gasteiger partial charge in [-0.25, -0.2) is 4.79 Å². The molecule has 2 aromatic carbocycles. The summed E-state index contributed by atoms with van der Waals surface area (Å²) in [6.07, 6.45) is 0.261. The van der Waals surface area contributed by atoms with Crippen LogP contribution in [0.4, 0.5) is 5.69 Å². The lowest BCUT2D eigenvalue weighted by Gasteiger charge is -2.18. The monoisotopic (exact) mass is 454 g/mol. The quantitative estimate of drug-likeness (QED) is 0.354. The molecule has 132 valence electrons. The Balaban J connectivity index is 2.16. The number of phenolic OH excluding ortho intramolecular Hbond substituents is 1. The number of anilines is 1. The average Bonchev–Trinajstić information content (AvgIpc) is 2.58. The van der Waals surface area contributed by atoms with E-state index in [1.807, 2.05) is 22.6 Å². The smallest absolute Gasteiger partial charge is 0.328 e. The minimum Gasteiger partial charge on any atom is -0.508 e. The van der Waals surface area contributed by atoms with Crippen LogP contribution in [-0.2, 0) is 16.0 Å². The molecule has 0 fully saturated rings. The number of nitrogens with two attached hydrogens (primary N) is 1. The Morgan fingerprint density at radius 3 is 2.52 bits per heavy atom. The lowest BCUT2D eigenvalue weighted by molar-refractivity contribution is -0.145. The molecule has 4 N–H and O–H groups in total. The Labute approximate surface area is 159 Å². The number of benzene rings is 2. The van der Waals surface area contributed by atoms with Gasteiger partial charge in [-0.15, -0.1) is 0 Å². The second kappa shape index (κ2) is 8.70. The summed E-state index contributed by atoms with van der Waals surface area (Å²) in [4.78, 5) is 24.7. The summed E-state index contributed by atoms with van der Waals surface area (Å²) in [5.74, 6) is -0.749. The number of nitrogen functional groups attached to an aromatic ring is 1. The number of carbonyl (C=O) groups excluding carboxylic acids is 2. The van der Waals surface area contributed by atoms with E-state index < -0.39 is 12.0 Å². The van der Waals surface area contributed by atoms with Crippen LogP contribution in [0.3, 0.4) is 0 Å². The molecule has 0 aliphatic carbocycles. The molecule has 1 amide bonds. The van der Waals surface area contributed by atoms with Gasteiger partial charge in [-0.2, -0.15) is 0 Å². The molecule has 0 saturated carbocycles. The van der Waals surface area contributed by atoms with Crippen molar-refractivity contribution in [1.29, 1.82) is 0 Å². The van der Waals surface area contributed by atoms with E-state index in [1.54, 1.807) is 37.3 Å². The highest BCUT2D eigenvalue weighted by molar-refractivity contribution is 14.1. The van der Waals surface area contributed by atoms with Crippen LogP contribution >= 0.6 is 22.6 Å². The molecule has 2 aromatic rings. The summed E-state index contributed by atoms with van der Waals surface area (Å²) in [6.45, 7) is 1.93. The highest BCUT2D eigenvalue weighted by atomic mass is 127. The summed E-state index contributed by atoms with van der Waals surface area (Å²) in [5.41, 5.74) is 7.55. The first kappa shape index (κ1) is 19.0. The van der Waals surface area contributed by atoms with Crippen molar-refractivity contribution in [3.8, 4) is 5.75 Å². The number of carbonyl (C=O) groups is 2. The molecule has 0 bridgehead atoms. The van der Waals surface area contributed by atoms with Crippen molar-refractivity contribution in [1.82, 2.24) is 5.32 Å². The van der Waals surface area contributed by atoms with Crippen molar-refractivity contribution in [3.05, 3.63) is 57.2 Å². The van der Waals surface area contributed by atoms with E-state index in [0.29, 0.717) is 11.3 Å². The van der Waals surface area contributed by atoms with E-state index in [9.17, 15) is 14.7 Å². The van der Waals surface area contributed by atoms with Gasteiger partial charge in [0, 0.05) is 21.2 Å². The van der Waals surface area contributed by atoms with Gasteiger partial charge in [-0.3, -0.25) is 4.79 Å². The van der Waals surface area contributed by atoms with E-state index in [1.165, 1.54) is 12.1 Å². The van der Waals surface area contributed by atoms with Crippen LogP contribution in [0.25, 0.3) is 0 Å². The van der Waals surface area contributed by atoms with E-state index >= 15 is 0 Å². The SMILES string of the molecule is CCOC(=O)[C@H](Cc1ccc(O)cc1)NC(=O)c1ccc(N)c(I)c1. The predicted molar refractivity (Wildman–Crippen MR) is 103 cm³/mol. The van der Waals surface area contributed by atoms with Crippen LogP contribution < -0.4 is 11.1 Å². The molecule has 0 unspecified atom stereocenters. The zero-order chi connectivity index (χ0) is 18.4. The Morgan fingerprint density at radius 1 is 1.24 bits per heavy atom. The molecule has 6 nitrogen and oxygen atoms in total. The number of hydrogen-bond donors (Lipinski definition) is 3. The Kier molecular flexibility index (Phi) is 6.63. The largest absolute Gasteiger partial charge is 0.508 e. The predicted octanol–water partition coefficient (Wildman–Crippen LogP) is 2.48. The molecular formula is C18H19IN2O4. The normalized spacial score (nSPS) is 11.6. The second-order valence-corrected chi connectivity index (χ2v) is 6.55. The molecule has 7 heteroatoms. The summed E-state index contributed by atoms with van der Waals surface area (Å²) < 4.78 is 5.82. The van der Waals surface area contributed by atoms with Crippen molar-refractivity contribution >= 4 is 40.2 Å². The number of rotatable bonds is 6. The summed E-state index contributed by atoms with van der Waals surface area (Å²) in [5, 5.41) is 12.1. The van der Waals surface area contributed by atoms with Crippen molar-refractivity contribution in [2.45, 2.75) is 19.4 Å². The van der Waals surface area contributed by atoms with Crippen LogP contribution in [0.15, 0.2) is 42.5 Å². The molecule has 25 heavy (non-hydrogen) atoms. The number of amides is 1. The third-order valence-electron chi connectivity index (χ3n) is 3.52. The standard InChI is InChI=1S/C18H19IN2O4/c1-2-25-18(24)16(9-11-3-6-13(22)7-4-11)21-17(23)12-5-8-15(20)14(19)10-12/h3-8,10,16,22H,2,9,20H2,1H3,(H,21,23)/t16-/m0/s1. The molecule has 0 spiro atoms. The van der Waals surface area contributed by atoms with Crippen LogP contribution in [0, 0.1) is 3.57 Å². The lowest BCUT2D eigenvalue weighted by atomic mass is 10.0. The number of hydrogen-bond acceptors (Lipinski definition) is 5. The van der Waals surface area contributed by atoms with Gasteiger partial charge < -0.3 is 20.9 Å². The second-order valence-electron chi connectivity index (χ2n) is 5.38. The summed E-state index contributed by atoms with van der Waals surface area (Å²) in [6, 6.07) is 10.5. The van der Waals surface area contributed by atoms with Gasteiger partial charge in [0.1, 0.15) is 11.8 Å². The fourth-order valence-electron chi connectivity index (χ4n) is 2.21. The Bertz CT molecular complexity index is 762. The van der Waals surface area contributed by atoms with E-state index in [4.69, 9.17) is 10.5 Å². The molecule has 2 rings (SSSR count). The summed E-state index contributed by atoms with van der Waals surface area (Å²) in [7, 11) is 0. The molecule has 0 aliphatic rings. The van der Waals surface area contributed by atoms with E-state index in [0.717, 1.165) is 9.13 Å². The third kappa shape index (κ3) is 5.35.